The molecule has 0 unspecified atom stereocenters. The summed E-state index contributed by atoms with van der Waals surface area (Å²) in [6.07, 6.45) is 2.36. The van der Waals surface area contributed by atoms with E-state index >= 15 is 0 Å². The number of amides is 3. The second-order valence-corrected chi connectivity index (χ2v) is 9.10. The lowest BCUT2D eigenvalue weighted by Gasteiger charge is -2.16. The first-order valence-corrected chi connectivity index (χ1v) is 12.2. The summed E-state index contributed by atoms with van der Waals surface area (Å²) in [5.74, 6) is -0.0925. The lowest BCUT2D eigenvalue weighted by Crippen LogP contribution is -2.33. The molecule has 3 aromatic rings. The first-order chi connectivity index (χ1) is 17.4. The van der Waals surface area contributed by atoms with Gasteiger partial charge in [-0.1, -0.05) is 29.3 Å². The quantitative estimate of drug-likeness (QED) is 0.315. The van der Waals surface area contributed by atoms with Crippen molar-refractivity contribution in [3.05, 3.63) is 82.1 Å². The molecule has 10 heteroatoms. The Kier molecular flexibility index (Phi) is 8.64. The smallest absolute Gasteiger partial charge is 0.323 e. The summed E-state index contributed by atoms with van der Waals surface area (Å²) < 4.78 is 19.4. The van der Waals surface area contributed by atoms with Gasteiger partial charge in [-0.15, -0.1) is 0 Å². The zero-order valence-electron chi connectivity index (χ0n) is 19.3. The molecule has 1 fully saturated rings. The van der Waals surface area contributed by atoms with Gasteiger partial charge < -0.3 is 25.6 Å². The average molecular weight is 531 g/mol. The standard InChI is InChI=1S/C26H25Cl2FN4O3/c27-21-8-7-20(16-22(21)28)36-24-9-6-17(25(34)30-10-13-33-11-1-2-12-33)14-23(24)32-26(35)31-19-5-3-4-18(29)15-19/h3-9,14-16H,1-2,10-13H2,(H,30,34)(H2,31,32,35). The van der Waals surface area contributed by atoms with Crippen molar-refractivity contribution in [2.45, 2.75) is 12.8 Å². The summed E-state index contributed by atoms with van der Waals surface area (Å²) in [6, 6.07) is 14.3. The molecule has 1 aliphatic heterocycles. The van der Waals surface area contributed by atoms with Crippen LogP contribution in [0.5, 0.6) is 11.5 Å². The number of carbonyl (C=O) groups is 2. The number of nitrogens with zero attached hydrogens (tertiary/aromatic N) is 1. The Labute approximate surface area is 218 Å². The van der Waals surface area contributed by atoms with Crippen molar-refractivity contribution in [2.75, 3.05) is 36.8 Å². The number of anilines is 2. The Morgan fingerprint density at radius 3 is 2.50 bits per heavy atom. The van der Waals surface area contributed by atoms with E-state index in [-0.39, 0.29) is 23.0 Å². The van der Waals surface area contributed by atoms with Gasteiger partial charge in [0.2, 0.25) is 0 Å². The Balaban J connectivity index is 1.51. The van der Waals surface area contributed by atoms with Crippen LogP contribution < -0.4 is 20.7 Å². The van der Waals surface area contributed by atoms with E-state index in [1.54, 1.807) is 36.4 Å². The molecule has 4 rings (SSSR count). The maximum atomic E-state index is 13.5. The van der Waals surface area contributed by atoms with Gasteiger partial charge in [-0.05, 0) is 74.5 Å². The minimum absolute atomic E-state index is 0.238. The van der Waals surface area contributed by atoms with Crippen LogP contribution in [0.2, 0.25) is 10.0 Å². The molecular weight excluding hydrogens is 506 g/mol. The molecule has 0 radical (unpaired) electrons. The van der Waals surface area contributed by atoms with Gasteiger partial charge in [-0.2, -0.15) is 0 Å². The van der Waals surface area contributed by atoms with Crippen LogP contribution in [-0.2, 0) is 0 Å². The summed E-state index contributed by atoms with van der Waals surface area (Å²) in [6.45, 7) is 3.39. The number of hydrogen-bond acceptors (Lipinski definition) is 4. The maximum absolute atomic E-state index is 13.5. The Hall–Kier alpha value is -3.33. The van der Waals surface area contributed by atoms with E-state index in [1.807, 2.05) is 0 Å². The topological polar surface area (TPSA) is 82.7 Å². The van der Waals surface area contributed by atoms with Gasteiger partial charge in [0.1, 0.15) is 11.6 Å². The summed E-state index contributed by atoms with van der Waals surface area (Å²) in [4.78, 5) is 27.7. The maximum Gasteiger partial charge on any atom is 0.323 e. The van der Waals surface area contributed by atoms with Gasteiger partial charge in [0.25, 0.3) is 5.91 Å². The highest BCUT2D eigenvalue weighted by atomic mass is 35.5. The minimum Gasteiger partial charge on any atom is -0.455 e. The third-order valence-corrected chi connectivity index (χ3v) is 6.34. The molecule has 3 aromatic carbocycles. The molecule has 3 N–H and O–H groups in total. The molecule has 36 heavy (non-hydrogen) atoms. The normalized spacial score (nSPS) is 13.3. The molecule has 1 aliphatic rings. The van der Waals surface area contributed by atoms with E-state index in [9.17, 15) is 14.0 Å². The lowest BCUT2D eigenvalue weighted by atomic mass is 10.1. The Morgan fingerprint density at radius 1 is 0.944 bits per heavy atom. The highest BCUT2D eigenvalue weighted by Gasteiger charge is 2.16. The molecule has 188 valence electrons. The van der Waals surface area contributed by atoms with Crippen LogP contribution in [0.15, 0.2) is 60.7 Å². The molecule has 0 spiro atoms. The van der Waals surface area contributed by atoms with Crippen LogP contribution in [0.3, 0.4) is 0 Å². The lowest BCUT2D eigenvalue weighted by molar-refractivity contribution is 0.0949. The number of urea groups is 1. The molecule has 7 nitrogen and oxygen atoms in total. The fourth-order valence-electron chi connectivity index (χ4n) is 3.81. The van der Waals surface area contributed by atoms with Gasteiger partial charge in [-0.25, -0.2) is 9.18 Å². The van der Waals surface area contributed by atoms with Crippen molar-refractivity contribution in [1.82, 2.24) is 10.2 Å². The fourth-order valence-corrected chi connectivity index (χ4v) is 4.10. The van der Waals surface area contributed by atoms with Crippen LogP contribution in [-0.4, -0.2) is 43.0 Å². The number of likely N-dealkylation sites (tertiary alicyclic amines) is 1. The molecule has 1 heterocycles. The van der Waals surface area contributed by atoms with E-state index < -0.39 is 11.8 Å². The SMILES string of the molecule is O=C(Nc1cccc(F)c1)Nc1cc(C(=O)NCCN2CCCC2)ccc1Oc1ccc(Cl)c(Cl)c1. The van der Waals surface area contributed by atoms with E-state index in [0.717, 1.165) is 19.6 Å². The molecule has 0 atom stereocenters. The van der Waals surface area contributed by atoms with Gasteiger partial charge in [0.15, 0.2) is 5.75 Å². The zero-order chi connectivity index (χ0) is 25.5. The van der Waals surface area contributed by atoms with Gasteiger partial charge in [0, 0.05) is 30.4 Å². The number of nitrogens with one attached hydrogen (secondary N) is 3. The van der Waals surface area contributed by atoms with Crippen molar-refractivity contribution < 1.29 is 18.7 Å². The van der Waals surface area contributed by atoms with E-state index in [1.165, 1.54) is 37.1 Å². The van der Waals surface area contributed by atoms with Gasteiger partial charge in [-0.3, -0.25) is 4.79 Å². The summed E-state index contributed by atoms with van der Waals surface area (Å²) in [5, 5.41) is 8.83. The Bertz CT molecular complexity index is 1250. The van der Waals surface area contributed by atoms with E-state index in [2.05, 4.69) is 20.9 Å². The summed E-state index contributed by atoms with van der Waals surface area (Å²) in [5.41, 5.74) is 0.858. The number of rotatable bonds is 8. The molecule has 0 aromatic heterocycles. The number of carbonyl (C=O) groups excluding carboxylic acids is 2. The molecule has 0 saturated carbocycles. The van der Waals surface area contributed by atoms with E-state index in [4.69, 9.17) is 27.9 Å². The highest BCUT2D eigenvalue weighted by Crippen LogP contribution is 2.34. The number of hydrogen-bond donors (Lipinski definition) is 3. The van der Waals surface area contributed by atoms with Crippen LogP contribution in [0.4, 0.5) is 20.6 Å². The Morgan fingerprint density at radius 2 is 1.75 bits per heavy atom. The predicted octanol–water partition coefficient (Wildman–Crippen LogP) is 6.39. The molecule has 0 bridgehead atoms. The van der Waals surface area contributed by atoms with Crippen molar-refractivity contribution in [3.8, 4) is 11.5 Å². The second-order valence-electron chi connectivity index (χ2n) is 8.28. The zero-order valence-corrected chi connectivity index (χ0v) is 20.8. The summed E-state index contributed by atoms with van der Waals surface area (Å²) in [7, 11) is 0. The van der Waals surface area contributed by atoms with Crippen molar-refractivity contribution in [2.24, 2.45) is 0 Å². The second kappa shape index (κ2) is 12.1. The highest BCUT2D eigenvalue weighted by molar-refractivity contribution is 6.42. The van der Waals surface area contributed by atoms with Crippen molar-refractivity contribution in [1.29, 1.82) is 0 Å². The average Bonchev–Trinajstić information content (AvgIpc) is 3.36. The summed E-state index contributed by atoms with van der Waals surface area (Å²) >= 11 is 12.1. The molecular formula is C26H25Cl2FN4O3. The monoisotopic (exact) mass is 530 g/mol. The third kappa shape index (κ3) is 7.10. The predicted molar refractivity (Wildman–Crippen MR) is 140 cm³/mol. The first kappa shape index (κ1) is 25.8. The molecule has 1 saturated heterocycles. The number of halogens is 3. The first-order valence-electron chi connectivity index (χ1n) is 11.5. The largest absolute Gasteiger partial charge is 0.455 e. The van der Waals surface area contributed by atoms with Crippen LogP contribution >= 0.6 is 23.2 Å². The van der Waals surface area contributed by atoms with Crippen LogP contribution in [0, 0.1) is 5.82 Å². The van der Waals surface area contributed by atoms with Crippen molar-refractivity contribution >= 4 is 46.5 Å². The van der Waals surface area contributed by atoms with Crippen LogP contribution in [0.25, 0.3) is 0 Å². The number of benzene rings is 3. The van der Waals surface area contributed by atoms with Gasteiger partial charge >= 0.3 is 6.03 Å². The molecule has 0 aliphatic carbocycles. The van der Waals surface area contributed by atoms with E-state index in [0.29, 0.717) is 27.9 Å². The fraction of sp³-hybridized carbons (Fsp3) is 0.231. The third-order valence-electron chi connectivity index (χ3n) is 5.60. The van der Waals surface area contributed by atoms with Crippen molar-refractivity contribution in [3.63, 3.8) is 0 Å². The van der Waals surface area contributed by atoms with Crippen LogP contribution in [0.1, 0.15) is 23.2 Å². The molecule has 3 amide bonds. The van der Waals surface area contributed by atoms with Gasteiger partial charge in [0.05, 0.1) is 15.7 Å². The number of ether oxygens (including phenoxy) is 1. The minimum atomic E-state index is -0.633.